The third kappa shape index (κ3) is 1.93. The summed E-state index contributed by atoms with van der Waals surface area (Å²) in [6, 6.07) is 1.92. The number of rotatable bonds is 1. The molecule has 3 N–H and O–H groups in total. The van der Waals surface area contributed by atoms with Crippen LogP contribution in [0.15, 0.2) is 0 Å². The average Bonchev–Trinajstić information content (AvgIpc) is 2.01. The highest BCUT2D eigenvalue weighted by atomic mass is 16.4. The maximum Gasteiger partial charge on any atom is 0.108 e. The molecule has 5 heteroatoms. The summed E-state index contributed by atoms with van der Waals surface area (Å²) in [6.07, 6.45) is -3.00. The van der Waals surface area contributed by atoms with Crippen molar-refractivity contribution in [2.24, 2.45) is 0 Å². The minimum atomic E-state index is -1.08. The molecular weight excluding hydrogens is 160 g/mol. The number of likely N-dealkylation sites (tertiary alicyclic amines) is 1. The summed E-state index contributed by atoms with van der Waals surface area (Å²) in [6.45, 7) is 0.651. The van der Waals surface area contributed by atoms with Crippen LogP contribution in [0.5, 0.6) is 0 Å². The number of β-amino-alcohol motifs (C(OH)–C–C–N with tert-alkyl or cyclic N) is 2. The standard InChI is InChI=1S/C7H12N2O3/c8-1-2-9-3-5(10)7(12)6(11)4-9/h5-7,10-12H,2-4H2/t5-,6+,7+. The fourth-order valence-corrected chi connectivity index (χ4v) is 1.31. The van der Waals surface area contributed by atoms with Crippen LogP contribution in [-0.4, -0.2) is 58.2 Å². The highest BCUT2D eigenvalue weighted by Gasteiger charge is 2.32. The number of hydrogen-bond acceptors (Lipinski definition) is 5. The molecule has 0 aromatic heterocycles. The Morgan fingerprint density at radius 3 is 2.17 bits per heavy atom. The predicted molar refractivity (Wildman–Crippen MR) is 40.1 cm³/mol. The molecule has 0 amide bonds. The molecular formula is C7H12N2O3. The van der Waals surface area contributed by atoms with Crippen LogP contribution in [0.3, 0.4) is 0 Å². The first-order valence-electron chi connectivity index (χ1n) is 3.78. The van der Waals surface area contributed by atoms with Gasteiger partial charge in [-0.05, 0) is 0 Å². The normalized spacial score (nSPS) is 37.7. The fourth-order valence-electron chi connectivity index (χ4n) is 1.31. The summed E-state index contributed by atoms with van der Waals surface area (Å²) >= 11 is 0. The lowest BCUT2D eigenvalue weighted by molar-refractivity contribution is -0.107. The van der Waals surface area contributed by atoms with Gasteiger partial charge in [-0.2, -0.15) is 5.26 Å². The Labute approximate surface area is 70.5 Å². The van der Waals surface area contributed by atoms with Gasteiger partial charge in [0, 0.05) is 13.1 Å². The minimum Gasteiger partial charge on any atom is -0.389 e. The molecule has 5 nitrogen and oxygen atoms in total. The topological polar surface area (TPSA) is 87.7 Å². The van der Waals surface area contributed by atoms with Crippen molar-refractivity contribution < 1.29 is 15.3 Å². The molecule has 0 radical (unpaired) electrons. The summed E-state index contributed by atoms with van der Waals surface area (Å²) in [5, 5.41) is 35.8. The van der Waals surface area contributed by atoms with Crippen LogP contribution < -0.4 is 0 Å². The molecule has 0 spiro atoms. The van der Waals surface area contributed by atoms with E-state index in [1.54, 1.807) is 4.90 Å². The van der Waals surface area contributed by atoms with E-state index in [-0.39, 0.29) is 19.6 Å². The minimum absolute atomic E-state index is 0.167. The maximum absolute atomic E-state index is 9.18. The molecule has 1 aliphatic heterocycles. The van der Waals surface area contributed by atoms with Gasteiger partial charge in [-0.25, -0.2) is 0 Å². The van der Waals surface area contributed by atoms with Crippen molar-refractivity contribution in [3.8, 4) is 6.07 Å². The monoisotopic (exact) mass is 172 g/mol. The molecule has 0 unspecified atom stereocenters. The van der Waals surface area contributed by atoms with Crippen molar-refractivity contribution in [1.82, 2.24) is 4.90 Å². The molecule has 0 saturated carbocycles. The molecule has 1 saturated heterocycles. The number of aliphatic hydroxyl groups is 3. The lowest BCUT2D eigenvalue weighted by atomic mass is 10.0. The van der Waals surface area contributed by atoms with Crippen molar-refractivity contribution in [3.05, 3.63) is 0 Å². The lowest BCUT2D eigenvalue weighted by Gasteiger charge is -2.35. The van der Waals surface area contributed by atoms with Crippen LogP contribution >= 0.6 is 0 Å². The zero-order chi connectivity index (χ0) is 9.14. The van der Waals surface area contributed by atoms with E-state index in [1.165, 1.54) is 0 Å². The number of hydrogen-bond donors (Lipinski definition) is 3. The zero-order valence-electron chi connectivity index (χ0n) is 6.59. The molecule has 12 heavy (non-hydrogen) atoms. The summed E-state index contributed by atoms with van der Waals surface area (Å²) in [7, 11) is 0. The third-order valence-corrected chi connectivity index (χ3v) is 1.97. The van der Waals surface area contributed by atoms with Crippen molar-refractivity contribution in [1.29, 1.82) is 5.26 Å². The Kier molecular flexibility index (Phi) is 3.00. The number of piperidine rings is 1. The first-order chi connectivity index (χ1) is 5.65. The van der Waals surface area contributed by atoms with Gasteiger partial charge in [-0.1, -0.05) is 0 Å². The Morgan fingerprint density at radius 2 is 1.75 bits per heavy atom. The number of nitriles is 1. The molecule has 1 heterocycles. The molecule has 0 bridgehead atoms. The van der Waals surface area contributed by atoms with Gasteiger partial charge in [-0.15, -0.1) is 0 Å². The van der Waals surface area contributed by atoms with Crippen LogP contribution in [0.2, 0.25) is 0 Å². The van der Waals surface area contributed by atoms with E-state index >= 15 is 0 Å². The molecule has 1 aliphatic rings. The average molecular weight is 172 g/mol. The predicted octanol–water partition coefficient (Wildman–Crippen LogP) is -2.09. The van der Waals surface area contributed by atoms with Gasteiger partial charge in [0.1, 0.15) is 6.10 Å². The van der Waals surface area contributed by atoms with Crippen LogP contribution in [0.4, 0.5) is 0 Å². The van der Waals surface area contributed by atoms with E-state index in [0.29, 0.717) is 0 Å². The molecule has 0 aliphatic carbocycles. The van der Waals surface area contributed by atoms with Gasteiger partial charge in [0.15, 0.2) is 0 Å². The van der Waals surface area contributed by atoms with Gasteiger partial charge in [-0.3, -0.25) is 4.90 Å². The van der Waals surface area contributed by atoms with E-state index in [0.717, 1.165) is 0 Å². The van der Waals surface area contributed by atoms with E-state index in [9.17, 15) is 10.2 Å². The zero-order valence-corrected chi connectivity index (χ0v) is 6.59. The van der Waals surface area contributed by atoms with E-state index in [4.69, 9.17) is 10.4 Å². The summed E-state index contributed by atoms with van der Waals surface area (Å²) < 4.78 is 0. The van der Waals surface area contributed by atoms with Crippen molar-refractivity contribution in [2.45, 2.75) is 18.3 Å². The van der Waals surface area contributed by atoms with E-state index in [2.05, 4.69) is 0 Å². The first kappa shape index (κ1) is 9.42. The summed E-state index contributed by atoms with van der Waals surface area (Å²) in [5.74, 6) is 0. The quantitative estimate of drug-likeness (QED) is 0.395. The second kappa shape index (κ2) is 3.83. The molecule has 68 valence electrons. The van der Waals surface area contributed by atoms with Gasteiger partial charge < -0.3 is 15.3 Å². The van der Waals surface area contributed by atoms with Crippen LogP contribution in [0.1, 0.15) is 0 Å². The largest absolute Gasteiger partial charge is 0.389 e. The van der Waals surface area contributed by atoms with Crippen molar-refractivity contribution >= 4 is 0 Å². The maximum atomic E-state index is 9.18. The van der Waals surface area contributed by atoms with Gasteiger partial charge in [0.05, 0.1) is 24.8 Å². The Balaban J connectivity index is 2.49. The van der Waals surface area contributed by atoms with Gasteiger partial charge in [0.2, 0.25) is 0 Å². The van der Waals surface area contributed by atoms with Crippen LogP contribution in [0, 0.1) is 11.3 Å². The molecule has 0 aromatic rings. The smallest absolute Gasteiger partial charge is 0.108 e. The van der Waals surface area contributed by atoms with Gasteiger partial charge >= 0.3 is 0 Å². The summed E-state index contributed by atoms with van der Waals surface area (Å²) in [5.41, 5.74) is 0. The Bertz CT molecular complexity index is 180. The highest BCUT2D eigenvalue weighted by Crippen LogP contribution is 2.10. The molecule has 3 atom stereocenters. The highest BCUT2D eigenvalue weighted by molar-refractivity contribution is 4.89. The van der Waals surface area contributed by atoms with Crippen molar-refractivity contribution in [2.75, 3.05) is 19.6 Å². The molecule has 1 fully saturated rings. The summed E-state index contributed by atoms with van der Waals surface area (Å²) in [4.78, 5) is 1.60. The van der Waals surface area contributed by atoms with E-state index < -0.39 is 18.3 Å². The number of aliphatic hydroxyl groups excluding tert-OH is 3. The molecule has 1 rings (SSSR count). The fraction of sp³-hybridized carbons (Fsp3) is 0.857. The first-order valence-corrected chi connectivity index (χ1v) is 3.78. The number of nitrogens with zero attached hydrogens (tertiary/aromatic N) is 2. The SMILES string of the molecule is N#CCN1C[C@@H](O)[C@H](O)[C@@H](O)C1. The van der Waals surface area contributed by atoms with Crippen LogP contribution in [0.25, 0.3) is 0 Å². The third-order valence-electron chi connectivity index (χ3n) is 1.97. The van der Waals surface area contributed by atoms with Gasteiger partial charge in [0.25, 0.3) is 0 Å². The lowest BCUT2D eigenvalue weighted by Crippen LogP contribution is -2.55. The van der Waals surface area contributed by atoms with Crippen molar-refractivity contribution in [3.63, 3.8) is 0 Å². The second-order valence-electron chi connectivity index (χ2n) is 2.98. The molecule has 0 aromatic carbocycles. The van der Waals surface area contributed by atoms with E-state index in [1.807, 2.05) is 6.07 Å². The Hall–Kier alpha value is -0.670. The second-order valence-corrected chi connectivity index (χ2v) is 2.98. The van der Waals surface area contributed by atoms with Crippen LogP contribution in [-0.2, 0) is 0 Å². The Morgan fingerprint density at radius 1 is 1.25 bits per heavy atom.